The van der Waals surface area contributed by atoms with Gasteiger partial charge in [-0.2, -0.15) is 0 Å². The fourth-order valence-corrected chi connectivity index (χ4v) is 5.72. The molecule has 0 aliphatic carbocycles. The largest absolute Gasteiger partial charge is 0.309 e. The first kappa shape index (κ1) is 22.8. The van der Waals surface area contributed by atoms with Crippen LogP contribution in [0.1, 0.15) is 0 Å². The normalized spacial score (nSPS) is 11.3. The van der Waals surface area contributed by atoms with E-state index in [4.69, 9.17) is 0 Å². The van der Waals surface area contributed by atoms with Crippen LogP contribution in [0.5, 0.6) is 0 Å². The molecule has 2 heteroatoms. The highest BCUT2D eigenvalue weighted by Crippen LogP contribution is 2.40. The summed E-state index contributed by atoms with van der Waals surface area (Å²) >= 11 is 3.54. The van der Waals surface area contributed by atoms with E-state index in [0.717, 1.165) is 10.2 Å². The van der Waals surface area contributed by atoms with Crippen molar-refractivity contribution in [1.82, 2.24) is 4.57 Å². The van der Waals surface area contributed by atoms with Crippen molar-refractivity contribution in [1.29, 1.82) is 0 Å². The number of aromatic nitrogens is 1. The topological polar surface area (TPSA) is 4.93 Å². The maximum Gasteiger partial charge on any atom is 0.0547 e. The van der Waals surface area contributed by atoms with Gasteiger partial charge >= 0.3 is 0 Å². The summed E-state index contributed by atoms with van der Waals surface area (Å²) in [5, 5.41) is 2.54. The third-order valence-corrected chi connectivity index (χ3v) is 7.81. The Bertz CT molecular complexity index is 1880. The van der Waals surface area contributed by atoms with Crippen LogP contribution in [0.3, 0.4) is 0 Å². The summed E-state index contributed by atoms with van der Waals surface area (Å²) in [5.41, 5.74) is 10.9. The van der Waals surface area contributed by atoms with Crippen molar-refractivity contribution in [3.05, 3.63) is 150 Å². The highest BCUT2D eigenvalue weighted by atomic mass is 79.9. The smallest absolute Gasteiger partial charge is 0.0547 e. The van der Waals surface area contributed by atoms with Crippen molar-refractivity contribution >= 4 is 37.7 Å². The van der Waals surface area contributed by atoms with Crippen LogP contribution in [0, 0.1) is 0 Å². The van der Waals surface area contributed by atoms with Crippen molar-refractivity contribution in [2.45, 2.75) is 0 Å². The molecule has 7 rings (SSSR count). The van der Waals surface area contributed by atoms with Crippen molar-refractivity contribution in [2.75, 3.05) is 0 Å². The minimum Gasteiger partial charge on any atom is -0.309 e. The molecule has 0 radical (unpaired) electrons. The van der Waals surface area contributed by atoms with E-state index in [2.05, 4.69) is 166 Å². The average Bonchev–Trinajstić information content (AvgIpc) is 3.32. The van der Waals surface area contributed by atoms with Gasteiger partial charge in [-0.1, -0.05) is 125 Å². The first-order valence-electron chi connectivity index (χ1n) is 12.8. The van der Waals surface area contributed by atoms with Gasteiger partial charge < -0.3 is 4.57 Å². The van der Waals surface area contributed by atoms with Gasteiger partial charge in [0.2, 0.25) is 0 Å². The molecule has 1 aromatic heterocycles. The maximum atomic E-state index is 3.54. The molecule has 1 heterocycles. The fourth-order valence-electron chi connectivity index (χ4n) is 5.46. The Labute approximate surface area is 230 Å². The SMILES string of the molecule is Brc1ccc(-c2ccc(-n3c4cc(-c5ccccc5)ccc4c4c(-c5ccccc5)cccc43)cc2)cc1. The number of rotatable bonds is 4. The van der Waals surface area contributed by atoms with Gasteiger partial charge in [-0.25, -0.2) is 0 Å². The van der Waals surface area contributed by atoms with Gasteiger partial charge in [0.1, 0.15) is 0 Å². The van der Waals surface area contributed by atoms with Gasteiger partial charge in [0.15, 0.2) is 0 Å². The van der Waals surface area contributed by atoms with Crippen molar-refractivity contribution < 1.29 is 0 Å². The average molecular weight is 550 g/mol. The zero-order valence-corrected chi connectivity index (χ0v) is 22.3. The molecule has 0 unspecified atom stereocenters. The van der Waals surface area contributed by atoms with Crippen LogP contribution >= 0.6 is 15.9 Å². The van der Waals surface area contributed by atoms with Crippen molar-refractivity contribution in [3.8, 4) is 39.1 Å². The molecule has 7 aromatic rings. The number of nitrogens with zero attached hydrogens (tertiary/aromatic N) is 1. The lowest BCUT2D eigenvalue weighted by Crippen LogP contribution is -1.94. The molecule has 0 N–H and O–H groups in total. The molecule has 38 heavy (non-hydrogen) atoms. The second-order valence-corrected chi connectivity index (χ2v) is 10.5. The lowest BCUT2D eigenvalue weighted by Gasteiger charge is -2.11. The van der Waals surface area contributed by atoms with Gasteiger partial charge in [0.05, 0.1) is 11.0 Å². The molecule has 0 spiro atoms. The molecule has 1 nitrogen and oxygen atoms in total. The summed E-state index contributed by atoms with van der Waals surface area (Å²) in [5.74, 6) is 0. The van der Waals surface area contributed by atoms with Crippen LogP contribution in [0.15, 0.2) is 150 Å². The molecule has 0 saturated carbocycles. The molecule has 180 valence electrons. The number of benzene rings is 6. The van der Waals surface area contributed by atoms with Crippen LogP contribution in [0.2, 0.25) is 0 Å². The summed E-state index contributed by atoms with van der Waals surface area (Å²) in [6.07, 6.45) is 0. The fraction of sp³-hybridized carbons (Fsp3) is 0. The quantitative estimate of drug-likeness (QED) is 0.205. The molecule has 0 fully saturated rings. The monoisotopic (exact) mass is 549 g/mol. The number of hydrogen-bond donors (Lipinski definition) is 0. The Hall–Kier alpha value is -4.40. The standard InChI is InChI=1S/C36H24BrN/c37-30-19-14-26(15-20-30)27-16-21-31(22-17-27)38-34-13-7-12-32(28-10-5-2-6-11-28)36(34)33-23-18-29(24-35(33)38)25-8-3-1-4-9-25/h1-24H. The minimum atomic E-state index is 1.09. The Kier molecular flexibility index (Phi) is 5.68. The maximum absolute atomic E-state index is 3.54. The molecule has 0 amide bonds. The summed E-state index contributed by atoms with van der Waals surface area (Å²) in [6.45, 7) is 0. The molecule has 6 aromatic carbocycles. The van der Waals surface area contributed by atoms with E-state index in [1.54, 1.807) is 0 Å². The third-order valence-electron chi connectivity index (χ3n) is 7.29. The van der Waals surface area contributed by atoms with Crippen molar-refractivity contribution in [2.24, 2.45) is 0 Å². The highest BCUT2D eigenvalue weighted by Gasteiger charge is 2.17. The van der Waals surface area contributed by atoms with Crippen molar-refractivity contribution in [3.63, 3.8) is 0 Å². The number of fused-ring (bicyclic) bond motifs is 3. The zero-order chi connectivity index (χ0) is 25.5. The van der Waals surface area contributed by atoms with Gasteiger partial charge in [0, 0.05) is 20.9 Å². The van der Waals surface area contributed by atoms with E-state index >= 15 is 0 Å². The molecular weight excluding hydrogens is 526 g/mol. The molecular formula is C36H24BrN. The number of hydrogen-bond acceptors (Lipinski definition) is 0. The third kappa shape index (κ3) is 3.95. The van der Waals surface area contributed by atoms with E-state index in [-0.39, 0.29) is 0 Å². The Balaban J connectivity index is 1.48. The van der Waals surface area contributed by atoms with Gasteiger partial charge in [-0.15, -0.1) is 0 Å². The molecule has 0 bridgehead atoms. The van der Waals surface area contributed by atoms with Crippen LogP contribution < -0.4 is 0 Å². The second-order valence-electron chi connectivity index (χ2n) is 9.55. The van der Waals surface area contributed by atoms with Gasteiger partial charge in [-0.3, -0.25) is 0 Å². The van der Waals surface area contributed by atoms with Gasteiger partial charge in [0.25, 0.3) is 0 Å². The highest BCUT2D eigenvalue weighted by molar-refractivity contribution is 9.10. The predicted molar refractivity (Wildman–Crippen MR) is 165 cm³/mol. The minimum absolute atomic E-state index is 1.09. The Morgan fingerprint density at radius 2 is 1.00 bits per heavy atom. The van der Waals surface area contributed by atoms with E-state index in [9.17, 15) is 0 Å². The predicted octanol–water partition coefficient (Wildman–Crippen LogP) is 10.5. The summed E-state index contributed by atoms with van der Waals surface area (Å²) in [4.78, 5) is 0. The number of halogens is 1. The van der Waals surface area contributed by atoms with E-state index in [1.807, 2.05) is 0 Å². The van der Waals surface area contributed by atoms with Crippen LogP contribution in [-0.2, 0) is 0 Å². The Morgan fingerprint density at radius 3 is 1.68 bits per heavy atom. The lowest BCUT2D eigenvalue weighted by molar-refractivity contribution is 1.18. The van der Waals surface area contributed by atoms with Gasteiger partial charge in [-0.05, 0) is 69.8 Å². The molecule has 0 atom stereocenters. The lowest BCUT2D eigenvalue weighted by atomic mass is 9.98. The van der Waals surface area contributed by atoms with Crippen LogP contribution in [-0.4, -0.2) is 4.57 Å². The summed E-state index contributed by atoms with van der Waals surface area (Å²) in [6, 6.07) is 52.2. The molecule has 0 aliphatic heterocycles. The van der Waals surface area contributed by atoms with E-state index in [1.165, 1.54) is 55.2 Å². The van der Waals surface area contributed by atoms with E-state index in [0.29, 0.717) is 0 Å². The van der Waals surface area contributed by atoms with Crippen LogP contribution in [0.4, 0.5) is 0 Å². The first-order valence-corrected chi connectivity index (χ1v) is 13.6. The summed E-state index contributed by atoms with van der Waals surface area (Å²) < 4.78 is 3.50. The van der Waals surface area contributed by atoms with E-state index < -0.39 is 0 Å². The zero-order valence-electron chi connectivity index (χ0n) is 20.7. The molecule has 0 saturated heterocycles. The first-order chi connectivity index (χ1) is 18.8. The second kappa shape index (κ2) is 9.48. The molecule has 0 aliphatic rings. The Morgan fingerprint density at radius 1 is 0.421 bits per heavy atom. The summed E-state index contributed by atoms with van der Waals surface area (Å²) in [7, 11) is 0. The van der Waals surface area contributed by atoms with Crippen LogP contribution in [0.25, 0.3) is 60.9 Å².